The van der Waals surface area contributed by atoms with Crippen molar-refractivity contribution in [1.82, 2.24) is 10.6 Å². The highest BCUT2D eigenvalue weighted by atomic mass is 35.5. The minimum atomic E-state index is -0.855. The van der Waals surface area contributed by atoms with Crippen LogP contribution in [0.2, 0.25) is 10.0 Å². The molecule has 2 aromatic rings. The summed E-state index contributed by atoms with van der Waals surface area (Å²) >= 11 is 17.4. The number of ether oxygens (including phenoxy) is 3. The van der Waals surface area contributed by atoms with Crippen molar-refractivity contribution in [3.05, 3.63) is 79.2 Å². The molecule has 2 aliphatic carbocycles. The Balaban J connectivity index is -0.000000344. The molecule has 10 nitrogen and oxygen atoms in total. The van der Waals surface area contributed by atoms with Crippen LogP contribution in [0.3, 0.4) is 0 Å². The number of aliphatic hydroxyl groups excluding tert-OH is 1. The number of rotatable bonds is 5. The van der Waals surface area contributed by atoms with E-state index in [4.69, 9.17) is 61.9 Å². The molecule has 6 rings (SSSR count). The fraction of sp³-hybridized carbons (Fsp3) is 0.462. The van der Waals surface area contributed by atoms with Crippen LogP contribution < -0.4 is 10.6 Å². The number of hydrogen-bond acceptors (Lipinski definition) is 8. The minimum absolute atomic E-state index is 0. The molecule has 0 aromatic heterocycles. The van der Waals surface area contributed by atoms with Gasteiger partial charge < -0.3 is 30.0 Å². The number of carbonyl (C=O) groups excluding carboxylic acids is 4. The number of halogens is 3. The molecule has 2 fully saturated rings. The first-order valence-corrected chi connectivity index (χ1v) is 22.5. The fourth-order valence-corrected chi connectivity index (χ4v) is 9.07. The second-order valence-corrected chi connectivity index (χ2v) is 20.1. The summed E-state index contributed by atoms with van der Waals surface area (Å²) < 4.78 is 17.1. The smallest absolute Gasteiger partial charge is 0.316 e. The second kappa shape index (κ2) is 21.2. The van der Waals surface area contributed by atoms with Crippen molar-refractivity contribution < 1.29 is 49.9 Å². The van der Waals surface area contributed by atoms with Crippen LogP contribution in [-0.2, 0) is 33.4 Å². The van der Waals surface area contributed by atoms with E-state index in [-0.39, 0.29) is 51.9 Å². The van der Waals surface area contributed by atoms with E-state index in [0.29, 0.717) is 52.6 Å². The predicted molar refractivity (Wildman–Crippen MR) is 273 cm³/mol. The van der Waals surface area contributed by atoms with Crippen LogP contribution in [0.4, 0.5) is 0 Å². The van der Waals surface area contributed by atoms with Crippen molar-refractivity contribution in [2.45, 2.75) is 144 Å². The van der Waals surface area contributed by atoms with Gasteiger partial charge in [-0.2, -0.15) is 0 Å². The third-order valence-electron chi connectivity index (χ3n) is 11.5. The first kappa shape index (κ1) is 52.1. The Morgan fingerprint density at radius 1 is 0.723 bits per heavy atom. The number of hydrogen-bond donors (Lipinski definition) is 3. The molecule has 2 spiro atoms. The highest BCUT2D eigenvalue weighted by Gasteiger charge is 2.52. The quantitative estimate of drug-likeness (QED) is 0.153. The van der Waals surface area contributed by atoms with Gasteiger partial charge in [0.05, 0.1) is 16.6 Å². The van der Waals surface area contributed by atoms with Crippen LogP contribution in [-0.4, -0.2) is 51.4 Å². The van der Waals surface area contributed by atoms with E-state index >= 15 is 0 Å². The molecule has 2 saturated carbocycles. The van der Waals surface area contributed by atoms with Crippen LogP contribution in [0.1, 0.15) is 138 Å². The van der Waals surface area contributed by atoms with Crippen molar-refractivity contribution in [3.8, 4) is 48.7 Å². The van der Waals surface area contributed by atoms with Crippen molar-refractivity contribution in [2.75, 3.05) is 0 Å². The van der Waals surface area contributed by atoms with Crippen molar-refractivity contribution in [3.63, 3.8) is 0 Å². The lowest BCUT2D eigenvalue weighted by Gasteiger charge is -2.38. The van der Waals surface area contributed by atoms with Gasteiger partial charge in [-0.1, -0.05) is 44.0 Å². The molecule has 4 atom stereocenters. The van der Waals surface area contributed by atoms with Gasteiger partial charge in [-0.25, -0.2) is 0 Å². The molecule has 13 heteroatoms. The molecule has 4 unspecified atom stereocenters. The summed E-state index contributed by atoms with van der Waals surface area (Å²) in [5, 5.41) is 18.1. The summed E-state index contributed by atoms with van der Waals surface area (Å²) in [6, 6.07) is 7.20. The van der Waals surface area contributed by atoms with Gasteiger partial charge in [-0.15, -0.1) is 12.8 Å². The summed E-state index contributed by atoms with van der Waals surface area (Å²) in [6.45, 7) is 18.3. The highest BCUT2D eigenvalue weighted by Crippen LogP contribution is 2.47. The Bertz CT molecular complexity index is 2520. The number of aliphatic hydroxyl groups is 1. The first-order valence-electron chi connectivity index (χ1n) is 21.3. The van der Waals surface area contributed by atoms with E-state index in [1.54, 1.807) is 65.8 Å². The Kier molecular flexibility index (Phi) is 17.0. The molecule has 0 bridgehead atoms. The number of esters is 1. The average molecular weight is 961 g/mol. The summed E-state index contributed by atoms with van der Waals surface area (Å²) in [4.78, 5) is 49.3. The van der Waals surface area contributed by atoms with Crippen LogP contribution in [0.5, 0.6) is 0 Å². The Morgan fingerprint density at radius 2 is 1.11 bits per heavy atom. The van der Waals surface area contributed by atoms with Gasteiger partial charge in [0, 0.05) is 51.6 Å². The molecule has 65 heavy (non-hydrogen) atoms. The van der Waals surface area contributed by atoms with Crippen LogP contribution in [0.25, 0.3) is 11.1 Å². The monoisotopic (exact) mass is 958 g/mol. The number of terminal acetylenes is 2. The molecule has 2 aliphatic heterocycles. The van der Waals surface area contributed by atoms with Gasteiger partial charge in [0.15, 0.2) is 0 Å². The van der Waals surface area contributed by atoms with E-state index < -0.39 is 22.5 Å². The molecule has 2 heterocycles. The summed E-state index contributed by atoms with van der Waals surface area (Å²) in [6.07, 6.45) is 20.2. The fourth-order valence-electron chi connectivity index (χ4n) is 8.41. The van der Waals surface area contributed by atoms with E-state index in [9.17, 15) is 24.3 Å². The SMILES string of the molecule is C#CC#COC1CCCC2(C1)NC(=O)C(c1c(C)cc(Cl)cc1C)=C2O.C#CC#COC1CCCC2(C1)NC(=O)C(c1c(C)cc(Cl)cc1C)=C2OC(=O)C(C)(C)C.CC(C)(C)C(=O)Cl.[HH].[HH].[HH].[HH].[HH].[HH].[HH].[HH]. The summed E-state index contributed by atoms with van der Waals surface area (Å²) in [7, 11) is 0. The maximum atomic E-state index is 13.4. The normalized spacial score (nSPS) is 22.3. The Labute approximate surface area is 410 Å². The Hall–Kier alpha value is -5.49. The molecule has 3 N–H and O–H groups in total. The van der Waals surface area contributed by atoms with Crippen LogP contribution in [0.15, 0.2) is 35.8 Å². The average Bonchev–Trinajstić information content (AvgIpc) is 3.57. The predicted octanol–water partition coefficient (Wildman–Crippen LogP) is 12.1. The van der Waals surface area contributed by atoms with E-state index in [0.717, 1.165) is 59.1 Å². The van der Waals surface area contributed by atoms with Crippen molar-refractivity contribution in [1.29, 1.82) is 0 Å². The standard InChI is InChI=1S/C26H28ClNO4.C21H20ClNO3.C5H9ClO.8H2/c1-7-8-12-31-19-10-9-11-26(15-19)22(32-24(30)25(4,5)6)21(23(29)28-26)20-16(2)13-18(27)14-17(20)3;1-4-5-9-26-16-7-6-8-21(12-16)19(24)18(20(25)23-21)17-13(2)10-15(22)11-14(17)3;1-5(2,3)4(6)7;;;;;;;;/h1,13-14,19H,9-11,15H2,2-6H3,(H,28,29);1,10-11,16,24H,6-8,12H2,2-3H3,(H,23,25);1-3H3;8*1H. The van der Waals surface area contributed by atoms with Crippen LogP contribution in [0, 0.1) is 87.3 Å². The van der Waals surface area contributed by atoms with Crippen molar-refractivity contribution >= 4 is 69.0 Å². The number of benzene rings is 2. The van der Waals surface area contributed by atoms with Crippen LogP contribution >= 0.6 is 34.8 Å². The van der Waals surface area contributed by atoms with Gasteiger partial charge in [-0.05, 0) is 168 Å². The molecule has 0 saturated heterocycles. The molecule has 0 radical (unpaired) electrons. The van der Waals surface area contributed by atoms with Gasteiger partial charge in [0.2, 0.25) is 5.24 Å². The zero-order valence-corrected chi connectivity index (χ0v) is 41.0. The number of carbonyl (C=O) groups is 4. The Morgan fingerprint density at radius 3 is 1.52 bits per heavy atom. The zero-order chi connectivity index (χ0) is 48.7. The lowest BCUT2D eigenvalue weighted by atomic mass is 9.78. The molecule has 360 valence electrons. The minimum Gasteiger partial charge on any atom is -0.509 e. The van der Waals surface area contributed by atoms with E-state index in [2.05, 4.69) is 46.5 Å². The number of amides is 2. The van der Waals surface area contributed by atoms with Gasteiger partial charge >= 0.3 is 5.97 Å². The molecule has 4 aliphatic rings. The lowest BCUT2D eigenvalue weighted by molar-refractivity contribution is -0.150. The molecular weight excluding hydrogens is 887 g/mol. The summed E-state index contributed by atoms with van der Waals surface area (Å²) in [5.41, 5.74) is 2.77. The molecular formula is C52H73Cl3N2O8. The number of aryl methyl sites for hydroxylation is 4. The topological polar surface area (TPSA) is 140 Å². The lowest BCUT2D eigenvalue weighted by Crippen LogP contribution is -2.50. The zero-order valence-electron chi connectivity index (χ0n) is 38.7. The number of nitrogens with one attached hydrogen (secondary N) is 2. The van der Waals surface area contributed by atoms with E-state index in [1.165, 1.54) is 0 Å². The van der Waals surface area contributed by atoms with E-state index in [1.807, 2.05) is 27.7 Å². The van der Waals surface area contributed by atoms with Gasteiger partial charge in [-0.3, -0.25) is 19.2 Å². The highest BCUT2D eigenvalue weighted by molar-refractivity contribution is 6.64. The largest absolute Gasteiger partial charge is 0.509 e. The summed E-state index contributed by atoms with van der Waals surface area (Å²) in [5.74, 6) is 8.81. The third kappa shape index (κ3) is 12.4. The van der Waals surface area contributed by atoms with Gasteiger partial charge in [0.1, 0.15) is 47.0 Å². The maximum absolute atomic E-state index is 13.4. The molecule has 2 aromatic carbocycles. The van der Waals surface area contributed by atoms with Gasteiger partial charge in [0.25, 0.3) is 11.8 Å². The maximum Gasteiger partial charge on any atom is 0.316 e. The second-order valence-electron chi connectivity index (χ2n) is 18.9. The first-order chi connectivity index (χ1) is 30.3. The third-order valence-corrected chi connectivity index (χ3v) is 12.5. The molecule has 2 amide bonds. The van der Waals surface area contributed by atoms with Crippen molar-refractivity contribution in [2.24, 2.45) is 10.8 Å².